The number of carbonyl (C=O) groups is 1. The molecule has 2 aliphatic rings. The highest BCUT2D eigenvalue weighted by molar-refractivity contribution is 5.76. The zero-order chi connectivity index (χ0) is 12.8. The first-order valence-corrected chi connectivity index (χ1v) is 7.74. The Balaban J connectivity index is 1.78. The number of carbonyl (C=O) groups excluding carboxylic acids is 1. The summed E-state index contributed by atoms with van der Waals surface area (Å²) in [4.78, 5) is 14.3. The van der Waals surface area contributed by atoms with E-state index >= 15 is 0 Å². The van der Waals surface area contributed by atoms with Crippen molar-refractivity contribution in [2.24, 2.45) is 5.92 Å². The average molecular weight is 252 g/mol. The fraction of sp³-hybridized carbons (Fsp3) is 0.933. The van der Waals surface area contributed by atoms with Crippen molar-refractivity contribution in [2.75, 3.05) is 20.1 Å². The van der Waals surface area contributed by atoms with E-state index in [9.17, 15) is 4.79 Å². The van der Waals surface area contributed by atoms with E-state index in [1.165, 1.54) is 51.4 Å². The summed E-state index contributed by atoms with van der Waals surface area (Å²) >= 11 is 0. The normalized spacial score (nSPS) is 26.6. The van der Waals surface area contributed by atoms with Crippen molar-refractivity contribution in [3.63, 3.8) is 0 Å². The van der Waals surface area contributed by atoms with Gasteiger partial charge in [0.15, 0.2) is 0 Å². The zero-order valence-electron chi connectivity index (χ0n) is 11.8. The molecule has 1 saturated carbocycles. The van der Waals surface area contributed by atoms with Gasteiger partial charge in [0.1, 0.15) is 0 Å². The van der Waals surface area contributed by atoms with Crippen molar-refractivity contribution in [3.05, 3.63) is 0 Å². The van der Waals surface area contributed by atoms with E-state index in [0.29, 0.717) is 17.9 Å². The predicted molar refractivity (Wildman–Crippen MR) is 74.5 cm³/mol. The van der Waals surface area contributed by atoms with Gasteiger partial charge in [-0.2, -0.15) is 0 Å². The van der Waals surface area contributed by atoms with Crippen LogP contribution in [0.4, 0.5) is 0 Å². The fourth-order valence-corrected chi connectivity index (χ4v) is 3.33. The molecular weight excluding hydrogens is 224 g/mol. The van der Waals surface area contributed by atoms with Crippen LogP contribution in [0.15, 0.2) is 0 Å². The lowest BCUT2D eigenvalue weighted by Gasteiger charge is -2.32. The lowest BCUT2D eigenvalue weighted by molar-refractivity contribution is -0.133. The maximum absolute atomic E-state index is 12.3. The molecule has 0 spiro atoms. The Kier molecular flexibility index (Phi) is 5.48. The first-order chi connectivity index (χ1) is 8.77. The Bertz CT molecular complexity index is 253. The van der Waals surface area contributed by atoms with Gasteiger partial charge >= 0.3 is 0 Å². The van der Waals surface area contributed by atoms with Gasteiger partial charge < -0.3 is 10.2 Å². The number of amides is 1. The molecule has 1 saturated heterocycles. The monoisotopic (exact) mass is 252 g/mol. The molecule has 1 aliphatic carbocycles. The third-order valence-corrected chi connectivity index (χ3v) is 4.65. The second-order valence-corrected chi connectivity index (χ2v) is 6.07. The van der Waals surface area contributed by atoms with Gasteiger partial charge in [0, 0.05) is 26.1 Å². The summed E-state index contributed by atoms with van der Waals surface area (Å²) in [7, 11) is 2.00. The summed E-state index contributed by atoms with van der Waals surface area (Å²) in [6, 6.07) is 0.428. The van der Waals surface area contributed by atoms with E-state index in [1.54, 1.807) is 0 Å². The molecule has 1 aliphatic heterocycles. The number of nitrogens with zero attached hydrogens (tertiary/aromatic N) is 1. The van der Waals surface area contributed by atoms with Crippen molar-refractivity contribution in [1.29, 1.82) is 0 Å². The second-order valence-electron chi connectivity index (χ2n) is 6.07. The number of hydrogen-bond donors (Lipinski definition) is 1. The molecule has 0 aromatic carbocycles. The van der Waals surface area contributed by atoms with Crippen LogP contribution in [0.3, 0.4) is 0 Å². The van der Waals surface area contributed by atoms with Crippen LogP contribution in [0.25, 0.3) is 0 Å². The molecule has 2 rings (SSSR count). The molecule has 18 heavy (non-hydrogen) atoms. The Morgan fingerprint density at radius 3 is 2.44 bits per heavy atom. The van der Waals surface area contributed by atoms with Gasteiger partial charge in [-0.1, -0.05) is 25.7 Å². The summed E-state index contributed by atoms with van der Waals surface area (Å²) in [5.41, 5.74) is 0. The van der Waals surface area contributed by atoms with Gasteiger partial charge in [0.05, 0.1) is 0 Å². The van der Waals surface area contributed by atoms with Crippen molar-refractivity contribution in [3.8, 4) is 0 Å². The maximum atomic E-state index is 12.3. The minimum atomic E-state index is 0.371. The number of likely N-dealkylation sites (N-methyl/N-ethyl adjacent to an activating group) is 1. The van der Waals surface area contributed by atoms with Crippen molar-refractivity contribution >= 4 is 5.91 Å². The second kappa shape index (κ2) is 7.13. The molecule has 3 heteroatoms. The number of rotatable bonds is 3. The molecule has 3 nitrogen and oxygen atoms in total. The van der Waals surface area contributed by atoms with Crippen LogP contribution in [0.2, 0.25) is 0 Å². The molecular formula is C15H28N2O. The minimum Gasteiger partial charge on any atom is -0.341 e. The first kappa shape index (κ1) is 13.9. The summed E-state index contributed by atoms with van der Waals surface area (Å²) in [6.07, 6.45) is 11.1. The molecule has 1 unspecified atom stereocenters. The van der Waals surface area contributed by atoms with Crippen LogP contribution in [0.1, 0.15) is 57.8 Å². The summed E-state index contributed by atoms with van der Waals surface area (Å²) < 4.78 is 0. The van der Waals surface area contributed by atoms with Crippen LogP contribution in [0.5, 0.6) is 0 Å². The van der Waals surface area contributed by atoms with E-state index in [-0.39, 0.29) is 0 Å². The van der Waals surface area contributed by atoms with Crippen molar-refractivity contribution < 1.29 is 4.79 Å². The highest BCUT2D eigenvalue weighted by Gasteiger charge is 2.24. The molecule has 0 bridgehead atoms. The quantitative estimate of drug-likeness (QED) is 0.783. The van der Waals surface area contributed by atoms with Crippen LogP contribution < -0.4 is 5.32 Å². The maximum Gasteiger partial charge on any atom is 0.222 e. The Morgan fingerprint density at radius 1 is 1.11 bits per heavy atom. The SMILES string of the molecule is CN(C(=O)CC1CCCCCC1)C1CCCNC1. The topological polar surface area (TPSA) is 32.3 Å². The molecule has 104 valence electrons. The average Bonchev–Trinajstić information content (AvgIpc) is 2.67. The molecule has 1 heterocycles. The van der Waals surface area contributed by atoms with Gasteiger partial charge in [0.2, 0.25) is 5.91 Å². The van der Waals surface area contributed by atoms with Crippen LogP contribution >= 0.6 is 0 Å². The van der Waals surface area contributed by atoms with Crippen LogP contribution in [-0.4, -0.2) is 37.0 Å². The molecule has 1 atom stereocenters. The molecule has 0 radical (unpaired) electrons. The molecule has 0 aromatic heterocycles. The molecule has 1 N–H and O–H groups in total. The highest BCUT2D eigenvalue weighted by Crippen LogP contribution is 2.26. The lowest BCUT2D eigenvalue weighted by atomic mass is 9.95. The van der Waals surface area contributed by atoms with E-state index < -0.39 is 0 Å². The summed E-state index contributed by atoms with van der Waals surface area (Å²) in [5.74, 6) is 1.02. The van der Waals surface area contributed by atoms with Gasteiger partial charge in [-0.15, -0.1) is 0 Å². The molecule has 0 aromatic rings. The summed E-state index contributed by atoms with van der Waals surface area (Å²) in [6.45, 7) is 2.09. The van der Waals surface area contributed by atoms with Crippen LogP contribution in [-0.2, 0) is 4.79 Å². The van der Waals surface area contributed by atoms with E-state index in [2.05, 4.69) is 5.32 Å². The van der Waals surface area contributed by atoms with Gasteiger partial charge in [-0.25, -0.2) is 0 Å². The summed E-state index contributed by atoms with van der Waals surface area (Å²) in [5, 5.41) is 3.39. The standard InChI is InChI=1S/C15H28N2O/c1-17(14-9-6-10-16-12-14)15(18)11-13-7-4-2-3-5-8-13/h13-14,16H,2-12H2,1H3. The van der Waals surface area contributed by atoms with Crippen molar-refractivity contribution in [2.45, 2.75) is 63.8 Å². The number of hydrogen-bond acceptors (Lipinski definition) is 2. The van der Waals surface area contributed by atoms with Gasteiger partial charge in [-0.05, 0) is 38.1 Å². The van der Waals surface area contributed by atoms with E-state index in [1.807, 2.05) is 11.9 Å². The third-order valence-electron chi connectivity index (χ3n) is 4.65. The highest BCUT2D eigenvalue weighted by atomic mass is 16.2. The Morgan fingerprint density at radius 2 is 1.83 bits per heavy atom. The lowest BCUT2D eigenvalue weighted by Crippen LogP contribution is -2.47. The number of nitrogens with one attached hydrogen (secondary N) is 1. The van der Waals surface area contributed by atoms with E-state index in [4.69, 9.17) is 0 Å². The Labute approximate surface area is 111 Å². The predicted octanol–water partition coefficient (Wildman–Crippen LogP) is 2.56. The minimum absolute atomic E-state index is 0.371. The smallest absolute Gasteiger partial charge is 0.222 e. The van der Waals surface area contributed by atoms with Gasteiger partial charge in [-0.3, -0.25) is 4.79 Å². The third kappa shape index (κ3) is 3.98. The van der Waals surface area contributed by atoms with Crippen LogP contribution in [0, 0.1) is 5.92 Å². The molecule has 2 fully saturated rings. The van der Waals surface area contributed by atoms with E-state index in [0.717, 1.165) is 19.5 Å². The zero-order valence-corrected chi connectivity index (χ0v) is 11.8. The van der Waals surface area contributed by atoms with Crippen molar-refractivity contribution in [1.82, 2.24) is 10.2 Å². The first-order valence-electron chi connectivity index (χ1n) is 7.74. The Hall–Kier alpha value is -0.570. The molecule has 1 amide bonds. The largest absolute Gasteiger partial charge is 0.341 e. The number of piperidine rings is 1. The van der Waals surface area contributed by atoms with Gasteiger partial charge in [0.25, 0.3) is 0 Å². The fourth-order valence-electron chi connectivity index (χ4n) is 3.33.